The molecule has 1 aromatic carbocycles. The van der Waals surface area contributed by atoms with Gasteiger partial charge in [0.1, 0.15) is 17.8 Å². The molecule has 2 aromatic heterocycles. The van der Waals surface area contributed by atoms with Crippen LogP contribution >= 0.6 is 0 Å². The lowest BCUT2D eigenvalue weighted by Crippen LogP contribution is -2.34. The molecule has 0 aliphatic carbocycles. The Hall–Kier alpha value is -3.22. The molecule has 1 saturated heterocycles. The van der Waals surface area contributed by atoms with Gasteiger partial charge in [-0.1, -0.05) is 30.3 Å². The van der Waals surface area contributed by atoms with E-state index in [4.69, 9.17) is 4.98 Å². The first-order valence-corrected chi connectivity index (χ1v) is 10.4. The Bertz CT molecular complexity index is 1080. The summed E-state index contributed by atoms with van der Waals surface area (Å²) in [7, 11) is 0. The zero-order valence-corrected chi connectivity index (χ0v) is 16.9. The van der Waals surface area contributed by atoms with E-state index >= 15 is 0 Å². The third kappa shape index (κ3) is 3.34. The van der Waals surface area contributed by atoms with Crippen LogP contribution in [0.5, 0.6) is 0 Å². The van der Waals surface area contributed by atoms with Crippen molar-refractivity contribution in [1.29, 1.82) is 0 Å². The fraction of sp³-hybridized carbons (Fsp3) is 0.348. The van der Waals surface area contributed by atoms with Gasteiger partial charge in [0, 0.05) is 32.6 Å². The van der Waals surface area contributed by atoms with E-state index in [0.717, 1.165) is 46.1 Å². The highest BCUT2D eigenvalue weighted by Gasteiger charge is 2.29. The summed E-state index contributed by atoms with van der Waals surface area (Å²) in [5.74, 6) is 1.55. The number of nitrogens with one attached hydrogen (secondary N) is 1. The van der Waals surface area contributed by atoms with E-state index in [9.17, 15) is 9.18 Å². The van der Waals surface area contributed by atoms with Gasteiger partial charge < -0.3 is 14.8 Å². The highest BCUT2D eigenvalue weighted by Crippen LogP contribution is 2.39. The van der Waals surface area contributed by atoms with Crippen LogP contribution in [0.1, 0.15) is 24.7 Å². The van der Waals surface area contributed by atoms with Crippen molar-refractivity contribution in [2.24, 2.45) is 0 Å². The van der Waals surface area contributed by atoms with E-state index in [2.05, 4.69) is 22.1 Å². The molecule has 30 heavy (non-hydrogen) atoms. The number of hydrogen-bond acceptors (Lipinski definition) is 4. The Kier molecular flexibility index (Phi) is 4.73. The molecule has 1 fully saturated rings. The van der Waals surface area contributed by atoms with Crippen LogP contribution in [0.25, 0.3) is 22.5 Å². The first-order chi connectivity index (χ1) is 14.6. The van der Waals surface area contributed by atoms with Crippen molar-refractivity contribution < 1.29 is 9.18 Å². The molecule has 7 heteroatoms. The zero-order chi connectivity index (χ0) is 20.7. The highest BCUT2D eigenvalue weighted by molar-refractivity contribution is 5.88. The van der Waals surface area contributed by atoms with Crippen LogP contribution < -0.4 is 4.90 Å². The quantitative estimate of drug-likeness (QED) is 0.723. The van der Waals surface area contributed by atoms with Crippen molar-refractivity contribution in [3.05, 3.63) is 54.0 Å². The zero-order valence-electron chi connectivity index (χ0n) is 16.9. The van der Waals surface area contributed by atoms with Crippen molar-refractivity contribution in [1.82, 2.24) is 19.9 Å². The molecular weight excluding hydrogens is 381 g/mol. The average molecular weight is 405 g/mol. The number of fused-ring (bicyclic) bond motifs is 1. The Balaban J connectivity index is 1.64. The number of hydrogen-bond donors (Lipinski definition) is 1. The molecule has 0 saturated carbocycles. The van der Waals surface area contributed by atoms with E-state index in [-0.39, 0.29) is 5.91 Å². The second kappa shape index (κ2) is 7.55. The Morgan fingerprint density at radius 2 is 2.03 bits per heavy atom. The minimum absolute atomic E-state index is 0.0647. The number of benzene rings is 1. The number of alkyl halides is 1. The molecule has 0 unspecified atom stereocenters. The molecule has 2 aliphatic heterocycles. The third-order valence-corrected chi connectivity index (χ3v) is 5.96. The van der Waals surface area contributed by atoms with Crippen molar-refractivity contribution in [2.75, 3.05) is 24.5 Å². The van der Waals surface area contributed by atoms with Gasteiger partial charge in [-0.15, -0.1) is 0 Å². The fourth-order valence-electron chi connectivity index (χ4n) is 4.37. The maximum atomic E-state index is 14.0. The summed E-state index contributed by atoms with van der Waals surface area (Å²) in [5.41, 5.74) is 4.91. The van der Waals surface area contributed by atoms with Crippen molar-refractivity contribution in [3.63, 3.8) is 0 Å². The number of H-pyrrole nitrogens is 1. The molecule has 0 radical (unpaired) electrons. The number of rotatable bonds is 3. The molecule has 2 aliphatic rings. The number of anilines is 1. The summed E-state index contributed by atoms with van der Waals surface area (Å²) < 4.78 is 14.0. The molecule has 0 spiro atoms. The molecule has 4 heterocycles. The minimum atomic E-state index is -0.839. The first kappa shape index (κ1) is 18.8. The number of aromatic amines is 1. The highest BCUT2D eigenvalue weighted by atomic mass is 19.1. The van der Waals surface area contributed by atoms with Crippen LogP contribution in [-0.4, -0.2) is 51.6 Å². The van der Waals surface area contributed by atoms with Crippen molar-refractivity contribution >= 4 is 11.7 Å². The minimum Gasteiger partial charge on any atom is -0.353 e. The van der Waals surface area contributed by atoms with E-state index in [1.165, 1.54) is 0 Å². The Morgan fingerprint density at radius 3 is 2.77 bits per heavy atom. The molecular formula is C23H24FN5O. The van der Waals surface area contributed by atoms with E-state index in [1.807, 2.05) is 34.1 Å². The summed E-state index contributed by atoms with van der Waals surface area (Å²) in [6, 6.07) is 12.1. The smallest absolute Gasteiger partial charge is 0.219 e. The van der Waals surface area contributed by atoms with Gasteiger partial charge in [0.05, 0.1) is 30.0 Å². The molecule has 0 bridgehead atoms. The fourth-order valence-corrected chi connectivity index (χ4v) is 4.37. The lowest BCUT2D eigenvalue weighted by Gasteiger charge is -2.24. The average Bonchev–Trinajstić information content (AvgIpc) is 3.39. The van der Waals surface area contributed by atoms with Crippen LogP contribution in [-0.2, 0) is 17.8 Å². The van der Waals surface area contributed by atoms with Gasteiger partial charge in [-0.2, -0.15) is 0 Å². The van der Waals surface area contributed by atoms with E-state index in [1.54, 1.807) is 13.1 Å². The van der Waals surface area contributed by atoms with Crippen LogP contribution in [0, 0.1) is 0 Å². The molecule has 6 nitrogen and oxygen atoms in total. The van der Waals surface area contributed by atoms with Gasteiger partial charge in [0.25, 0.3) is 0 Å². The molecule has 1 atom stereocenters. The summed E-state index contributed by atoms with van der Waals surface area (Å²) in [6.07, 6.45) is 2.18. The number of halogens is 1. The number of imidazole rings is 1. The Labute approximate surface area is 174 Å². The van der Waals surface area contributed by atoms with Crippen molar-refractivity contribution in [2.45, 2.75) is 32.5 Å². The lowest BCUT2D eigenvalue weighted by molar-refractivity contribution is -0.129. The van der Waals surface area contributed by atoms with Crippen LogP contribution in [0.2, 0.25) is 0 Å². The summed E-state index contributed by atoms with van der Waals surface area (Å²) in [5, 5.41) is 0. The van der Waals surface area contributed by atoms with Crippen LogP contribution in [0.15, 0.2) is 42.6 Å². The maximum Gasteiger partial charge on any atom is 0.219 e. The first-order valence-electron chi connectivity index (χ1n) is 10.4. The SMILES string of the molecule is CC(=O)N1CCc2nc(-c3c(-c4ccccc4)ccnc3N3CC[C@H](F)C3)[nH]c2C1. The predicted octanol–water partition coefficient (Wildman–Crippen LogP) is 3.59. The van der Waals surface area contributed by atoms with Gasteiger partial charge in [0.2, 0.25) is 5.91 Å². The topological polar surface area (TPSA) is 65.1 Å². The standard InChI is InChI=1S/C23H24FN5O/c1-15(30)28-12-9-19-20(14-28)27-22(26-19)21-18(16-5-3-2-4-6-16)7-10-25-23(21)29-11-8-17(24)13-29/h2-7,10,17H,8-9,11-14H2,1H3,(H,26,27)/t17-/m0/s1. The second-order valence-corrected chi connectivity index (χ2v) is 7.96. The van der Waals surface area contributed by atoms with Gasteiger partial charge in [0.15, 0.2) is 0 Å². The second-order valence-electron chi connectivity index (χ2n) is 7.96. The normalized spacial score (nSPS) is 18.5. The maximum absolute atomic E-state index is 14.0. The summed E-state index contributed by atoms with van der Waals surface area (Å²) in [6.45, 7) is 3.78. The molecule has 1 N–H and O–H groups in total. The number of carbonyl (C=O) groups is 1. The predicted molar refractivity (Wildman–Crippen MR) is 114 cm³/mol. The monoisotopic (exact) mass is 405 g/mol. The Morgan fingerprint density at radius 1 is 1.20 bits per heavy atom. The van der Waals surface area contributed by atoms with E-state index in [0.29, 0.717) is 32.6 Å². The number of nitrogens with zero attached hydrogens (tertiary/aromatic N) is 4. The van der Waals surface area contributed by atoms with Gasteiger partial charge in [-0.05, 0) is 23.6 Å². The number of amides is 1. The van der Waals surface area contributed by atoms with Gasteiger partial charge >= 0.3 is 0 Å². The number of carbonyl (C=O) groups excluding carboxylic acids is 1. The molecule has 1 amide bonds. The lowest BCUT2D eigenvalue weighted by atomic mass is 10.00. The number of aromatic nitrogens is 3. The van der Waals surface area contributed by atoms with Gasteiger partial charge in [-0.3, -0.25) is 4.79 Å². The number of pyridine rings is 1. The van der Waals surface area contributed by atoms with Crippen molar-refractivity contribution in [3.8, 4) is 22.5 Å². The third-order valence-electron chi connectivity index (χ3n) is 5.96. The summed E-state index contributed by atoms with van der Waals surface area (Å²) in [4.78, 5) is 28.6. The summed E-state index contributed by atoms with van der Waals surface area (Å²) >= 11 is 0. The van der Waals surface area contributed by atoms with Crippen LogP contribution in [0.3, 0.4) is 0 Å². The largest absolute Gasteiger partial charge is 0.353 e. The van der Waals surface area contributed by atoms with Crippen LogP contribution in [0.4, 0.5) is 10.2 Å². The molecule has 5 rings (SSSR count). The van der Waals surface area contributed by atoms with Gasteiger partial charge in [-0.25, -0.2) is 14.4 Å². The molecule has 154 valence electrons. The molecule has 3 aromatic rings. The van der Waals surface area contributed by atoms with E-state index < -0.39 is 6.17 Å².